The van der Waals surface area contributed by atoms with E-state index in [1.165, 1.54) is 25.7 Å². The van der Waals surface area contributed by atoms with Gasteiger partial charge in [0.05, 0.1) is 5.54 Å². The Morgan fingerprint density at radius 3 is 2.64 bits per heavy atom. The zero-order chi connectivity index (χ0) is 10.0. The highest BCUT2D eigenvalue weighted by Gasteiger charge is 2.38. The van der Waals surface area contributed by atoms with Gasteiger partial charge in [-0.05, 0) is 26.7 Å². The van der Waals surface area contributed by atoms with E-state index in [9.17, 15) is 0 Å². The highest BCUT2D eigenvalue weighted by molar-refractivity contribution is 5.07. The van der Waals surface area contributed by atoms with Crippen molar-refractivity contribution in [3.05, 3.63) is 12.2 Å². The van der Waals surface area contributed by atoms with Gasteiger partial charge < -0.3 is 5.32 Å². The predicted octanol–water partition coefficient (Wildman–Crippen LogP) is 1.57. The molecule has 2 N–H and O–H groups in total. The molecule has 0 saturated heterocycles. The maximum Gasteiger partial charge on any atom is 0.144 e. The second-order valence-corrected chi connectivity index (χ2v) is 4.42. The third-order valence-corrected chi connectivity index (χ3v) is 2.89. The van der Waals surface area contributed by atoms with Gasteiger partial charge in [-0.15, -0.1) is 0 Å². The Hall–Kier alpha value is -0.900. The lowest BCUT2D eigenvalue weighted by molar-refractivity contribution is 0.295. The van der Waals surface area contributed by atoms with Gasteiger partial charge >= 0.3 is 0 Å². The Labute approximate surface area is 84.5 Å². The summed E-state index contributed by atoms with van der Waals surface area (Å²) in [4.78, 5) is 4.29. The molecular formula is C10H18N4. The molecule has 78 valence electrons. The molecule has 2 rings (SSSR count). The van der Waals surface area contributed by atoms with E-state index >= 15 is 0 Å². The molecule has 0 bridgehead atoms. The Morgan fingerprint density at radius 1 is 1.43 bits per heavy atom. The molecule has 1 heterocycles. The minimum absolute atomic E-state index is 0.0602. The maximum absolute atomic E-state index is 4.29. The largest absolute Gasteiger partial charge is 0.303 e. The normalized spacial score (nSPS) is 20.5. The van der Waals surface area contributed by atoms with E-state index < -0.39 is 0 Å². The van der Waals surface area contributed by atoms with Crippen molar-refractivity contribution in [2.75, 3.05) is 0 Å². The Morgan fingerprint density at radius 2 is 2.14 bits per heavy atom. The van der Waals surface area contributed by atoms with E-state index in [1.54, 1.807) is 6.33 Å². The van der Waals surface area contributed by atoms with Gasteiger partial charge in [-0.3, -0.25) is 5.10 Å². The van der Waals surface area contributed by atoms with Gasteiger partial charge in [-0.25, -0.2) is 4.98 Å². The van der Waals surface area contributed by atoms with E-state index in [1.807, 2.05) is 0 Å². The van der Waals surface area contributed by atoms with E-state index in [4.69, 9.17) is 0 Å². The topological polar surface area (TPSA) is 53.6 Å². The van der Waals surface area contributed by atoms with Crippen molar-refractivity contribution in [1.82, 2.24) is 20.5 Å². The summed E-state index contributed by atoms with van der Waals surface area (Å²) < 4.78 is 0. The molecule has 1 aromatic rings. The van der Waals surface area contributed by atoms with Crippen LogP contribution in [-0.2, 0) is 5.54 Å². The number of nitrogens with one attached hydrogen (secondary N) is 2. The highest BCUT2D eigenvalue weighted by atomic mass is 15.2. The van der Waals surface area contributed by atoms with E-state index in [-0.39, 0.29) is 5.54 Å². The van der Waals surface area contributed by atoms with Crippen LogP contribution in [0.5, 0.6) is 0 Å². The van der Waals surface area contributed by atoms with Crippen molar-refractivity contribution in [3.63, 3.8) is 0 Å². The van der Waals surface area contributed by atoms with E-state index in [0.717, 1.165) is 5.82 Å². The molecule has 1 aromatic heterocycles. The monoisotopic (exact) mass is 194 g/mol. The fourth-order valence-corrected chi connectivity index (χ4v) is 2.42. The molecule has 4 heteroatoms. The van der Waals surface area contributed by atoms with Crippen molar-refractivity contribution in [2.45, 2.75) is 51.1 Å². The molecule has 4 nitrogen and oxygen atoms in total. The van der Waals surface area contributed by atoms with Crippen LogP contribution in [0.15, 0.2) is 6.33 Å². The van der Waals surface area contributed by atoms with Gasteiger partial charge in [0.1, 0.15) is 12.2 Å². The first-order chi connectivity index (χ1) is 6.73. The first kappa shape index (κ1) is 9.65. The van der Waals surface area contributed by atoms with Gasteiger partial charge in [-0.1, -0.05) is 12.8 Å². The summed E-state index contributed by atoms with van der Waals surface area (Å²) in [6.07, 6.45) is 6.49. The first-order valence-corrected chi connectivity index (χ1v) is 5.36. The highest BCUT2D eigenvalue weighted by Crippen LogP contribution is 2.36. The molecule has 0 aliphatic heterocycles. The smallest absolute Gasteiger partial charge is 0.144 e. The minimum Gasteiger partial charge on any atom is -0.303 e. The van der Waals surface area contributed by atoms with Crippen molar-refractivity contribution >= 4 is 0 Å². The van der Waals surface area contributed by atoms with Crippen molar-refractivity contribution in [3.8, 4) is 0 Å². The van der Waals surface area contributed by atoms with E-state index in [0.29, 0.717) is 6.04 Å². The molecule has 1 aliphatic carbocycles. The van der Waals surface area contributed by atoms with Crippen LogP contribution in [0, 0.1) is 0 Å². The number of H-pyrrole nitrogens is 1. The number of hydrogen-bond acceptors (Lipinski definition) is 3. The Bertz CT molecular complexity index is 272. The first-order valence-electron chi connectivity index (χ1n) is 5.36. The molecule has 0 aromatic carbocycles. The average molecular weight is 194 g/mol. The van der Waals surface area contributed by atoms with Crippen molar-refractivity contribution in [2.24, 2.45) is 0 Å². The second-order valence-electron chi connectivity index (χ2n) is 4.42. The molecule has 0 unspecified atom stereocenters. The average Bonchev–Trinajstić information content (AvgIpc) is 2.69. The maximum atomic E-state index is 4.29. The fraction of sp³-hybridized carbons (Fsp3) is 0.800. The molecule has 1 fully saturated rings. The van der Waals surface area contributed by atoms with Crippen LogP contribution in [0.2, 0.25) is 0 Å². The summed E-state index contributed by atoms with van der Waals surface area (Å²) in [5.74, 6) is 1.00. The summed E-state index contributed by atoms with van der Waals surface area (Å²) >= 11 is 0. The van der Waals surface area contributed by atoms with Crippen LogP contribution in [0.3, 0.4) is 0 Å². The molecule has 0 spiro atoms. The third kappa shape index (κ3) is 1.66. The van der Waals surface area contributed by atoms with E-state index in [2.05, 4.69) is 34.3 Å². The van der Waals surface area contributed by atoms with Gasteiger partial charge in [-0.2, -0.15) is 5.10 Å². The Balaban J connectivity index is 2.22. The number of aromatic nitrogens is 3. The standard InChI is InChI=1S/C10H18N4/c1-8(2)13-10(5-3-4-6-10)9-11-7-12-14-9/h7-8,13H,3-6H2,1-2H3,(H,11,12,14). The lowest BCUT2D eigenvalue weighted by atomic mass is 9.95. The van der Waals surface area contributed by atoms with Crippen LogP contribution in [0.1, 0.15) is 45.4 Å². The zero-order valence-corrected chi connectivity index (χ0v) is 8.88. The number of rotatable bonds is 3. The SMILES string of the molecule is CC(C)NC1(c2ncn[nH]2)CCCC1. The quantitative estimate of drug-likeness (QED) is 0.768. The molecule has 1 saturated carbocycles. The molecule has 0 radical (unpaired) electrons. The second kappa shape index (κ2) is 3.69. The minimum atomic E-state index is 0.0602. The van der Waals surface area contributed by atoms with Crippen molar-refractivity contribution in [1.29, 1.82) is 0 Å². The summed E-state index contributed by atoms with van der Waals surface area (Å²) in [5.41, 5.74) is 0.0602. The summed E-state index contributed by atoms with van der Waals surface area (Å²) in [6, 6.07) is 0.484. The number of aromatic amines is 1. The fourth-order valence-electron chi connectivity index (χ4n) is 2.42. The predicted molar refractivity (Wildman–Crippen MR) is 54.8 cm³/mol. The van der Waals surface area contributed by atoms with Crippen LogP contribution >= 0.6 is 0 Å². The van der Waals surface area contributed by atoms with Crippen LogP contribution in [0.25, 0.3) is 0 Å². The number of nitrogens with zero attached hydrogens (tertiary/aromatic N) is 2. The van der Waals surface area contributed by atoms with Crippen LogP contribution in [0.4, 0.5) is 0 Å². The van der Waals surface area contributed by atoms with Crippen molar-refractivity contribution < 1.29 is 0 Å². The summed E-state index contributed by atoms with van der Waals surface area (Å²) in [7, 11) is 0. The Kier molecular flexibility index (Phi) is 2.54. The zero-order valence-electron chi connectivity index (χ0n) is 8.88. The van der Waals surface area contributed by atoms with Crippen LogP contribution < -0.4 is 5.32 Å². The van der Waals surface area contributed by atoms with Gasteiger partial charge in [0.25, 0.3) is 0 Å². The summed E-state index contributed by atoms with van der Waals surface area (Å²) in [5, 5.41) is 10.6. The van der Waals surface area contributed by atoms with Gasteiger partial charge in [0.15, 0.2) is 0 Å². The van der Waals surface area contributed by atoms with Gasteiger partial charge in [0, 0.05) is 6.04 Å². The lowest BCUT2D eigenvalue weighted by Gasteiger charge is -2.30. The molecule has 14 heavy (non-hydrogen) atoms. The molecule has 0 atom stereocenters. The molecule has 1 aliphatic rings. The number of hydrogen-bond donors (Lipinski definition) is 2. The van der Waals surface area contributed by atoms with Gasteiger partial charge in [0.2, 0.25) is 0 Å². The van der Waals surface area contributed by atoms with Crippen LogP contribution in [-0.4, -0.2) is 21.2 Å². The molecular weight excluding hydrogens is 176 g/mol. The lowest BCUT2D eigenvalue weighted by Crippen LogP contribution is -2.44. The summed E-state index contributed by atoms with van der Waals surface area (Å²) in [6.45, 7) is 4.35. The molecule has 0 amide bonds. The third-order valence-electron chi connectivity index (χ3n) is 2.89.